The van der Waals surface area contributed by atoms with Gasteiger partial charge in [-0.15, -0.1) is 0 Å². The van der Waals surface area contributed by atoms with Gasteiger partial charge in [0, 0.05) is 12.1 Å². The number of hydrogen-bond acceptors (Lipinski definition) is 3. The van der Waals surface area contributed by atoms with E-state index in [4.69, 9.17) is 4.74 Å². The van der Waals surface area contributed by atoms with Crippen LogP contribution in [0.2, 0.25) is 0 Å². The van der Waals surface area contributed by atoms with Crippen LogP contribution in [0, 0.1) is 0 Å². The van der Waals surface area contributed by atoms with Crippen molar-refractivity contribution in [1.82, 2.24) is 5.32 Å². The molecule has 0 aliphatic rings. The average molecular weight is 411 g/mol. The highest BCUT2D eigenvalue weighted by Crippen LogP contribution is 2.18. The van der Waals surface area contributed by atoms with E-state index in [0.717, 1.165) is 25.0 Å². The average Bonchev–Trinajstić information content (AvgIpc) is 2.77. The molecule has 162 valence electrons. The molecule has 2 aromatic carbocycles. The number of anilines is 1. The van der Waals surface area contributed by atoms with Gasteiger partial charge in [0.1, 0.15) is 5.75 Å². The lowest BCUT2D eigenvalue weighted by Gasteiger charge is -2.12. The summed E-state index contributed by atoms with van der Waals surface area (Å²) in [7, 11) is 0. The number of unbranched alkanes of at least 4 members (excludes halogenated alkanes) is 5. The smallest absolute Gasteiger partial charge is 0.255 e. The first-order chi connectivity index (χ1) is 14.7. The molecule has 0 fully saturated rings. The third-order valence-corrected chi connectivity index (χ3v) is 4.87. The molecule has 0 heterocycles. The zero-order valence-corrected chi connectivity index (χ0v) is 18.2. The van der Waals surface area contributed by atoms with E-state index in [1.807, 2.05) is 12.1 Å². The number of carbonyl (C=O) groups excluding carboxylic acids is 2. The number of ether oxygens (including phenoxy) is 1. The number of benzene rings is 2. The van der Waals surface area contributed by atoms with Crippen LogP contribution in [0.3, 0.4) is 0 Å². The Bertz CT molecular complexity index is 787. The van der Waals surface area contributed by atoms with E-state index >= 15 is 0 Å². The Balaban J connectivity index is 1.89. The third kappa shape index (κ3) is 7.90. The summed E-state index contributed by atoms with van der Waals surface area (Å²) in [5.74, 6) is 0.328. The predicted molar refractivity (Wildman–Crippen MR) is 122 cm³/mol. The van der Waals surface area contributed by atoms with Crippen LogP contribution in [0.15, 0.2) is 48.5 Å². The van der Waals surface area contributed by atoms with Crippen molar-refractivity contribution in [1.29, 1.82) is 0 Å². The monoisotopic (exact) mass is 410 g/mol. The number of nitrogens with one attached hydrogen (secondary N) is 2. The molecule has 0 saturated heterocycles. The van der Waals surface area contributed by atoms with Crippen molar-refractivity contribution in [2.75, 3.05) is 18.5 Å². The molecule has 0 saturated carbocycles. The van der Waals surface area contributed by atoms with E-state index in [1.165, 1.54) is 25.7 Å². The van der Waals surface area contributed by atoms with Crippen molar-refractivity contribution in [2.24, 2.45) is 0 Å². The Labute approximate surface area is 180 Å². The molecule has 2 rings (SSSR count). The minimum atomic E-state index is -0.255. The van der Waals surface area contributed by atoms with E-state index in [-0.39, 0.29) is 11.8 Å². The molecule has 2 aromatic rings. The van der Waals surface area contributed by atoms with Gasteiger partial charge >= 0.3 is 0 Å². The van der Waals surface area contributed by atoms with Gasteiger partial charge in [0.15, 0.2) is 0 Å². The zero-order chi connectivity index (χ0) is 21.6. The number of para-hydroxylation sites is 1. The Hall–Kier alpha value is -2.82. The standard InChI is InChI=1S/C25H34N2O3/c1-3-5-7-8-11-19-30-21-16-14-20(15-17-21)24(28)27-23-13-10-9-12-22(23)25(29)26-18-6-4-2/h9-10,12-17H,3-8,11,18-19H2,1-2H3,(H,26,29)(H,27,28). The van der Waals surface area contributed by atoms with Crippen LogP contribution in [0.4, 0.5) is 5.69 Å². The molecular weight excluding hydrogens is 376 g/mol. The molecule has 0 aliphatic heterocycles. The fraction of sp³-hybridized carbons (Fsp3) is 0.440. The third-order valence-electron chi connectivity index (χ3n) is 4.87. The zero-order valence-electron chi connectivity index (χ0n) is 18.2. The van der Waals surface area contributed by atoms with Crippen molar-refractivity contribution in [2.45, 2.75) is 58.8 Å². The molecule has 30 heavy (non-hydrogen) atoms. The van der Waals surface area contributed by atoms with E-state index in [9.17, 15) is 9.59 Å². The van der Waals surface area contributed by atoms with Gasteiger partial charge in [-0.3, -0.25) is 9.59 Å². The highest BCUT2D eigenvalue weighted by Gasteiger charge is 2.13. The summed E-state index contributed by atoms with van der Waals surface area (Å²) in [6, 6.07) is 14.2. The Morgan fingerprint density at radius 2 is 1.50 bits per heavy atom. The van der Waals surface area contributed by atoms with Gasteiger partial charge in [-0.1, -0.05) is 58.1 Å². The molecule has 2 N–H and O–H groups in total. The molecule has 2 amide bonds. The molecule has 5 nitrogen and oxygen atoms in total. The van der Waals surface area contributed by atoms with Gasteiger partial charge < -0.3 is 15.4 Å². The van der Waals surface area contributed by atoms with Crippen LogP contribution < -0.4 is 15.4 Å². The summed E-state index contributed by atoms with van der Waals surface area (Å²) in [5, 5.41) is 5.74. The number of rotatable bonds is 13. The normalized spacial score (nSPS) is 10.5. The Morgan fingerprint density at radius 3 is 2.23 bits per heavy atom. The minimum absolute atomic E-state index is 0.179. The maximum Gasteiger partial charge on any atom is 0.255 e. The molecule has 0 spiro atoms. The lowest BCUT2D eigenvalue weighted by molar-refractivity contribution is 0.0954. The SMILES string of the molecule is CCCCCCCOc1ccc(C(=O)Nc2ccccc2C(=O)NCCCC)cc1. The second-order valence-corrected chi connectivity index (χ2v) is 7.40. The summed E-state index contributed by atoms with van der Waals surface area (Å²) in [4.78, 5) is 25.0. The van der Waals surface area contributed by atoms with Crippen molar-refractivity contribution in [3.63, 3.8) is 0 Å². The van der Waals surface area contributed by atoms with Gasteiger partial charge in [0.05, 0.1) is 17.9 Å². The Morgan fingerprint density at radius 1 is 0.800 bits per heavy atom. The highest BCUT2D eigenvalue weighted by atomic mass is 16.5. The first kappa shape index (κ1) is 23.5. The fourth-order valence-electron chi connectivity index (χ4n) is 3.06. The van der Waals surface area contributed by atoms with Crippen LogP contribution in [0.5, 0.6) is 5.75 Å². The lowest BCUT2D eigenvalue weighted by atomic mass is 10.1. The molecule has 0 aliphatic carbocycles. The molecule has 0 unspecified atom stereocenters. The first-order valence-electron chi connectivity index (χ1n) is 11.1. The molecule has 0 atom stereocenters. The topological polar surface area (TPSA) is 67.4 Å². The molecule has 0 radical (unpaired) electrons. The van der Waals surface area contributed by atoms with Gasteiger partial charge in [0.2, 0.25) is 0 Å². The Kier molecular flexibility index (Phi) is 10.5. The first-order valence-corrected chi connectivity index (χ1v) is 11.1. The molecule has 0 aromatic heterocycles. The maximum absolute atomic E-state index is 12.6. The molecular formula is C25H34N2O3. The van der Waals surface area contributed by atoms with E-state index in [0.29, 0.717) is 30.0 Å². The van der Waals surface area contributed by atoms with E-state index in [2.05, 4.69) is 24.5 Å². The second-order valence-electron chi connectivity index (χ2n) is 7.40. The van der Waals surface area contributed by atoms with Crippen molar-refractivity contribution >= 4 is 17.5 Å². The summed E-state index contributed by atoms with van der Waals surface area (Å²) >= 11 is 0. The molecule has 0 bridgehead atoms. The minimum Gasteiger partial charge on any atom is -0.494 e. The van der Waals surface area contributed by atoms with Crippen LogP contribution in [-0.2, 0) is 0 Å². The van der Waals surface area contributed by atoms with Gasteiger partial charge in [0.25, 0.3) is 11.8 Å². The summed E-state index contributed by atoms with van der Waals surface area (Å²) in [6.45, 7) is 5.59. The second kappa shape index (κ2) is 13.4. The largest absolute Gasteiger partial charge is 0.494 e. The van der Waals surface area contributed by atoms with Gasteiger partial charge in [-0.05, 0) is 49.2 Å². The van der Waals surface area contributed by atoms with Crippen molar-refractivity contribution in [3.8, 4) is 5.75 Å². The van der Waals surface area contributed by atoms with E-state index < -0.39 is 0 Å². The lowest BCUT2D eigenvalue weighted by Crippen LogP contribution is -2.26. The summed E-state index contributed by atoms with van der Waals surface area (Å²) in [5.41, 5.74) is 1.49. The summed E-state index contributed by atoms with van der Waals surface area (Å²) in [6.07, 6.45) is 7.91. The number of carbonyl (C=O) groups is 2. The van der Waals surface area contributed by atoms with Crippen LogP contribution >= 0.6 is 0 Å². The van der Waals surface area contributed by atoms with Gasteiger partial charge in [-0.25, -0.2) is 0 Å². The highest BCUT2D eigenvalue weighted by molar-refractivity contribution is 6.09. The fourth-order valence-corrected chi connectivity index (χ4v) is 3.06. The van der Waals surface area contributed by atoms with Crippen LogP contribution in [-0.4, -0.2) is 25.0 Å². The van der Waals surface area contributed by atoms with Crippen molar-refractivity contribution < 1.29 is 14.3 Å². The van der Waals surface area contributed by atoms with E-state index in [1.54, 1.807) is 36.4 Å². The van der Waals surface area contributed by atoms with Crippen molar-refractivity contribution in [3.05, 3.63) is 59.7 Å². The molecule has 5 heteroatoms. The number of hydrogen-bond donors (Lipinski definition) is 2. The predicted octanol–water partition coefficient (Wildman–Crippen LogP) is 5.82. The summed E-state index contributed by atoms with van der Waals surface area (Å²) < 4.78 is 5.75. The maximum atomic E-state index is 12.6. The van der Waals surface area contributed by atoms with Crippen LogP contribution in [0.1, 0.15) is 79.5 Å². The quantitative estimate of drug-likeness (QED) is 0.409. The number of amides is 2. The van der Waals surface area contributed by atoms with Crippen LogP contribution in [0.25, 0.3) is 0 Å². The van der Waals surface area contributed by atoms with Gasteiger partial charge in [-0.2, -0.15) is 0 Å².